The SMILES string of the molecule is CN(C)C(=O)c1ccccc1-c1cccc2ccccc12. The van der Waals surface area contributed by atoms with Crippen LogP contribution in [-0.2, 0) is 0 Å². The predicted octanol–water partition coefficient (Wildman–Crippen LogP) is 4.21. The Morgan fingerprint density at radius 2 is 1.38 bits per heavy atom. The Balaban J connectivity index is 2.27. The molecule has 0 saturated heterocycles. The summed E-state index contributed by atoms with van der Waals surface area (Å²) >= 11 is 0. The molecule has 3 aromatic rings. The minimum atomic E-state index is 0.0264. The molecule has 0 radical (unpaired) electrons. The zero-order chi connectivity index (χ0) is 14.8. The summed E-state index contributed by atoms with van der Waals surface area (Å²) < 4.78 is 0. The summed E-state index contributed by atoms with van der Waals surface area (Å²) in [4.78, 5) is 14.0. The average molecular weight is 275 g/mol. The number of carbonyl (C=O) groups is 1. The topological polar surface area (TPSA) is 20.3 Å². The zero-order valence-electron chi connectivity index (χ0n) is 12.2. The Hall–Kier alpha value is -2.61. The number of fused-ring (bicyclic) bond motifs is 1. The van der Waals surface area contributed by atoms with E-state index < -0.39 is 0 Å². The summed E-state index contributed by atoms with van der Waals surface area (Å²) in [5.41, 5.74) is 2.81. The van der Waals surface area contributed by atoms with Crippen molar-refractivity contribution in [1.82, 2.24) is 4.90 Å². The van der Waals surface area contributed by atoms with Crippen molar-refractivity contribution in [3.63, 3.8) is 0 Å². The van der Waals surface area contributed by atoms with Crippen molar-refractivity contribution >= 4 is 16.7 Å². The summed E-state index contributed by atoms with van der Waals surface area (Å²) in [7, 11) is 3.56. The number of rotatable bonds is 2. The normalized spacial score (nSPS) is 10.6. The molecule has 104 valence electrons. The zero-order valence-corrected chi connectivity index (χ0v) is 12.2. The highest BCUT2D eigenvalue weighted by Gasteiger charge is 2.15. The van der Waals surface area contributed by atoms with Gasteiger partial charge in [0.2, 0.25) is 0 Å². The molecule has 3 aromatic carbocycles. The molecule has 2 nitrogen and oxygen atoms in total. The molecule has 0 aliphatic carbocycles. The second-order valence-corrected chi connectivity index (χ2v) is 5.27. The fraction of sp³-hybridized carbons (Fsp3) is 0.105. The number of amides is 1. The summed E-state index contributed by atoms with van der Waals surface area (Å²) in [6.45, 7) is 0. The molecule has 1 amide bonds. The fourth-order valence-corrected chi connectivity index (χ4v) is 2.61. The quantitative estimate of drug-likeness (QED) is 0.686. The van der Waals surface area contributed by atoms with Crippen molar-refractivity contribution in [3.05, 3.63) is 72.3 Å². The van der Waals surface area contributed by atoms with Crippen LogP contribution >= 0.6 is 0 Å². The van der Waals surface area contributed by atoms with E-state index >= 15 is 0 Å². The number of nitrogens with zero attached hydrogens (tertiary/aromatic N) is 1. The average Bonchev–Trinajstić information content (AvgIpc) is 2.53. The first-order chi connectivity index (χ1) is 10.2. The molecule has 2 heteroatoms. The predicted molar refractivity (Wildman–Crippen MR) is 87.4 cm³/mol. The van der Waals surface area contributed by atoms with E-state index in [1.54, 1.807) is 19.0 Å². The van der Waals surface area contributed by atoms with Gasteiger partial charge < -0.3 is 4.90 Å². The van der Waals surface area contributed by atoms with Crippen molar-refractivity contribution in [2.45, 2.75) is 0 Å². The smallest absolute Gasteiger partial charge is 0.253 e. The standard InChI is InChI=1S/C19H17NO/c1-20(2)19(21)18-12-6-5-11-17(18)16-13-7-9-14-8-3-4-10-15(14)16/h3-13H,1-2H3. The van der Waals surface area contributed by atoms with Crippen LogP contribution in [0.15, 0.2) is 66.7 Å². The Bertz CT molecular complexity index is 800. The van der Waals surface area contributed by atoms with E-state index in [0.29, 0.717) is 0 Å². The summed E-state index contributed by atoms with van der Waals surface area (Å²) in [6, 6.07) is 22.2. The van der Waals surface area contributed by atoms with Crippen molar-refractivity contribution in [2.75, 3.05) is 14.1 Å². The maximum absolute atomic E-state index is 12.4. The van der Waals surface area contributed by atoms with Gasteiger partial charge in [-0.25, -0.2) is 0 Å². The lowest BCUT2D eigenvalue weighted by Gasteiger charge is -2.15. The van der Waals surface area contributed by atoms with Crippen molar-refractivity contribution < 1.29 is 4.79 Å². The molecule has 0 aliphatic heterocycles. The van der Waals surface area contributed by atoms with Gasteiger partial charge in [-0.2, -0.15) is 0 Å². The minimum Gasteiger partial charge on any atom is -0.345 e. The molecule has 0 aliphatic rings. The molecule has 0 fully saturated rings. The molecule has 0 N–H and O–H groups in total. The lowest BCUT2D eigenvalue weighted by molar-refractivity contribution is 0.0828. The van der Waals surface area contributed by atoms with Crippen LogP contribution in [-0.4, -0.2) is 24.9 Å². The monoisotopic (exact) mass is 275 g/mol. The second kappa shape index (κ2) is 5.41. The molecular formula is C19H17NO. The molecule has 0 atom stereocenters. The largest absolute Gasteiger partial charge is 0.345 e. The van der Waals surface area contributed by atoms with Crippen LogP contribution in [0.2, 0.25) is 0 Å². The third kappa shape index (κ3) is 2.40. The van der Waals surface area contributed by atoms with E-state index in [-0.39, 0.29) is 5.91 Å². The van der Waals surface area contributed by atoms with Gasteiger partial charge in [0, 0.05) is 19.7 Å². The molecule has 0 spiro atoms. The molecule has 0 unspecified atom stereocenters. The van der Waals surface area contributed by atoms with Crippen molar-refractivity contribution in [3.8, 4) is 11.1 Å². The molecule has 0 aromatic heterocycles. The Labute approximate surface area is 124 Å². The maximum Gasteiger partial charge on any atom is 0.253 e. The van der Waals surface area contributed by atoms with Crippen LogP contribution in [0, 0.1) is 0 Å². The first-order valence-electron chi connectivity index (χ1n) is 6.97. The Morgan fingerprint density at radius 3 is 2.19 bits per heavy atom. The van der Waals surface area contributed by atoms with Crippen molar-refractivity contribution in [1.29, 1.82) is 0 Å². The maximum atomic E-state index is 12.4. The molecule has 21 heavy (non-hydrogen) atoms. The molecular weight excluding hydrogens is 258 g/mol. The van der Waals surface area contributed by atoms with Gasteiger partial charge in [-0.15, -0.1) is 0 Å². The van der Waals surface area contributed by atoms with Gasteiger partial charge >= 0.3 is 0 Å². The van der Waals surface area contributed by atoms with E-state index in [2.05, 4.69) is 24.3 Å². The fourth-order valence-electron chi connectivity index (χ4n) is 2.61. The Kier molecular flexibility index (Phi) is 3.44. The van der Waals surface area contributed by atoms with E-state index in [9.17, 15) is 4.79 Å². The molecule has 3 rings (SSSR count). The highest BCUT2D eigenvalue weighted by molar-refractivity contribution is 6.05. The summed E-state index contributed by atoms with van der Waals surface area (Å²) in [5, 5.41) is 2.35. The van der Waals surface area contributed by atoms with E-state index in [0.717, 1.165) is 16.7 Å². The van der Waals surface area contributed by atoms with Crippen LogP contribution in [0.5, 0.6) is 0 Å². The van der Waals surface area contributed by atoms with Gasteiger partial charge in [-0.05, 0) is 28.0 Å². The summed E-state index contributed by atoms with van der Waals surface area (Å²) in [5.74, 6) is 0.0264. The lowest BCUT2D eigenvalue weighted by Crippen LogP contribution is -2.22. The van der Waals surface area contributed by atoms with Crippen LogP contribution in [0.25, 0.3) is 21.9 Å². The van der Waals surface area contributed by atoms with Gasteiger partial charge in [0.05, 0.1) is 0 Å². The first-order valence-corrected chi connectivity index (χ1v) is 6.97. The highest BCUT2D eigenvalue weighted by atomic mass is 16.2. The van der Waals surface area contributed by atoms with Gasteiger partial charge in [0.25, 0.3) is 5.91 Å². The second-order valence-electron chi connectivity index (χ2n) is 5.27. The number of benzene rings is 3. The van der Waals surface area contributed by atoms with Crippen molar-refractivity contribution in [2.24, 2.45) is 0 Å². The van der Waals surface area contributed by atoms with E-state index in [1.807, 2.05) is 42.5 Å². The van der Waals surface area contributed by atoms with Gasteiger partial charge in [-0.3, -0.25) is 4.79 Å². The molecule has 0 saturated carbocycles. The third-order valence-corrected chi connectivity index (χ3v) is 3.64. The van der Waals surface area contributed by atoms with Crippen LogP contribution < -0.4 is 0 Å². The Morgan fingerprint density at radius 1 is 0.762 bits per heavy atom. The van der Waals surface area contributed by atoms with Crippen LogP contribution in [0.3, 0.4) is 0 Å². The van der Waals surface area contributed by atoms with Gasteiger partial charge in [0.15, 0.2) is 0 Å². The van der Waals surface area contributed by atoms with Gasteiger partial charge in [0.1, 0.15) is 0 Å². The highest BCUT2D eigenvalue weighted by Crippen LogP contribution is 2.31. The van der Waals surface area contributed by atoms with E-state index in [4.69, 9.17) is 0 Å². The number of hydrogen-bond donors (Lipinski definition) is 0. The third-order valence-electron chi connectivity index (χ3n) is 3.64. The van der Waals surface area contributed by atoms with Crippen LogP contribution in [0.4, 0.5) is 0 Å². The number of carbonyl (C=O) groups excluding carboxylic acids is 1. The molecule has 0 bridgehead atoms. The number of hydrogen-bond acceptors (Lipinski definition) is 1. The first kappa shape index (κ1) is 13.4. The summed E-state index contributed by atoms with van der Waals surface area (Å²) in [6.07, 6.45) is 0. The van der Waals surface area contributed by atoms with E-state index in [1.165, 1.54) is 10.8 Å². The minimum absolute atomic E-state index is 0.0264. The molecule has 0 heterocycles. The lowest BCUT2D eigenvalue weighted by atomic mass is 9.94. The van der Waals surface area contributed by atoms with Gasteiger partial charge in [-0.1, -0.05) is 60.7 Å². The van der Waals surface area contributed by atoms with Crippen LogP contribution in [0.1, 0.15) is 10.4 Å².